The topological polar surface area (TPSA) is 26.3 Å². The number of rotatable bonds is 3. The summed E-state index contributed by atoms with van der Waals surface area (Å²) in [6, 6.07) is 0. The summed E-state index contributed by atoms with van der Waals surface area (Å²) >= 11 is 0. The van der Waals surface area contributed by atoms with E-state index in [4.69, 9.17) is 4.74 Å². The van der Waals surface area contributed by atoms with Crippen LogP contribution in [-0.2, 0) is 9.53 Å². The Balaban J connectivity index is 1.32. The first-order valence-corrected chi connectivity index (χ1v) is 8.16. The van der Waals surface area contributed by atoms with Crippen LogP contribution in [0.4, 0.5) is 0 Å². The molecule has 2 nitrogen and oxygen atoms in total. The summed E-state index contributed by atoms with van der Waals surface area (Å²) in [5.74, 6) is 5.97. The second kappa shape index (κ2) is 3.65. The molecule has 7 unspecified atom stereocenters. The molecule has 102 valence electrons. The number of hydrogen-bond acceptors (Lipinski definition) is 2. The third-order valence-corrected chi connectivity index (χ3v) is 6.73. The van der Waals surface area contributed by atoms with Crippen molar-refractivity contribution in [3.8, 4) is 0 Å². The fraction of sp³-hybridized carbons (Fsp3) is 0.824. The van der Waals surface area contributed by atoms with Crippen LogP contribution in [0, 0.1) is 47.3 Å². The van der Waals surface area contributed by atoms with Crippen molar-refractivity contribution in [1.29, 1.82) is 0 Å². The van der Waals surface area contributed by atoms with Gasteiger partial charge in [0.2, 0.25) is 0 Å². The lowest BCUT2D eigenvalue weighted by Gasteiger charge is -2.35. The SMILES string of the molecule is O=C(OCC1CC1)C1CC2CC1C1C3C=CC(C3)C21. The molecular formula is C17H22O2. The van der Waals surface area contributed by atoms with Crippen molar-refractivity contribution >= 4 is 5.97 Å². The molecule has 7 atom stereocenters. The Bertz CT molecular complexity index is 450. The molecule has 0 aromatic carbocycles. The number of fused-ring (bicyclic) bond motifs is 9. The van der Waals surface area contributed by atoms with Gasteiger partial charge in [-0.05, 0) is 73.5 Å². The molecule has 0 N–H and O–H groups in total. The van der Waals surface area contributed by atoms with Gasteiger partial charge in [0, 0.05) is 0 Å². The smallest absolute Gasteiger partial charge is 0.309 e. The van der Waals surface area contributed by atoms with E-state index >= 15 is 0 Å². The van der Waals surface area contributed by atoms with E-state index in [1.165, 1.54) is 25.7 Å². The second-order valence-electron chi connectivity index (χ2n) is 7.68. The van der Waals surface area contributed by atoms with Gasteiger partial charge in [0.15, 0.2) is 0 Å². The Kier molecular flexibility index (Phi) is 2.10. The standard InChI is InChI=1S/C17H22O2/c18-17(19-8-9-1-2-9)14-7-12-6-13(14)16-11-4-3-10(5-11)15(12)16/h3-4,9-16H,1-2,5-8H2. The zero-order valence-electron chi connectivity index (χ0n) is 11.3. The number of carbonyl (C=O) groups excluding carboxylic acids is 1. The van der Waals surface area contributed by atoms with Gasteiger partial charge in [-0.15, -0.1) is 0 Å². The third-order valence-electron chi connectivity index (χ3n) is 6.73. The molecule has 0 spiro atoms. The summed E-state index contributed by atoms with van der Waals surface area (Å²) < 4.78 is 5.57. The molecule has 0 aliphatic heterocycles. The molecule has 2 heteroatoms. The Morgan fingerprint density at radius 2 is 1.84 bits per heavy atom. The van der Waals surface area contributed by atoms with E-state index in [2.05, 4.69) is 12.2 Å². The zero-order chi connectivity index (χ0) is 12.6. The van der Waals surface area contributed by atoms with Gasteiger partial charge in [0.1, 0.15) is 0 Å². The summed E-state index contributed by atoms with van der Waals surface area (Å²) in [6.07, 6.45) is 11.3. The highest BCUT2D eigenvalue weighted by atomic mass is 16.5. The number of allylic oxidation sites excluding steroid dienone is 2. The van der Waals surface area contributed by atoms with E-state index < -0.39 is 0 Å². The molecule has 0 heterocycles. The van der Waals surface area contributed by atoms with Crippen molar-refractivity contribution < 1.29 is 9.53 Å². The molecule has 5 aliphatic carbocycles. The fourth-order valence-electron chi connectivity index (χ4n) is 5.88. The minimum Gasteiger partial charge on any atom is -0.465 e. The molecule has 5 aliphatic rings. The van der Waals surface area contributed by atoms with E-state index in [1.54, 1.807) is 0 Å². The number of ether oxygens (including phenoxy) is 1. The largest absolute Gasteiger partial charge is 0.465 e. The maximum Gasteiger partial charge on any atom is 0.309 e. The third kappa shape index (κ3) is 1.46. The molecule has 5 rings (SSSR count). The molecule has 0 saturated heterocycles. The van der Waals surface area contributed by atoms with Crippen LogP contribution in [0.1, 0.15) is 32.1 Å². The Morgan fingerprint density at radius 1 is 1.05 bits per heavy atom. The van der Waals surface area contributed by atoms with E-state index in [9.17, 15) is 4.79 Å². The Hall–Kier alpha value is -0.790. The second-order valence-corrected chi connectivity index (χ2v) is 7.68. The molecule has 0 aromatic rings. The van der Waals surface area contributed by atoms with Crippen molar-refractivity contribution in [2.24, 2.45) is 47.3 Å². The van der Waals surface area contributed by atoms with Crippen molar-refractivity contribution in [2.45, 2.75) is 32.1 Å². The van der Waals surface area contributed by atoms with Crippen LogP contribution in [-0.4, -0.2) is 12.6 Å². The first-order valence-electron chi connectivity index (χ1n) is 8.16. The first-order chi connectivity index (χ1) is 9.31. The van der Waals surface area contributed by atoms with Gasteiger partial charge >= 0.3 is 5.97 Å². The molecule has 4 fully saturated rings. The van der Waals surface area contributed by atoms with Gasteiger partial charge in [0.25, 0.3) is 0 Å². The number of esters is 1. The zero-order valence-corrected chi connectivity index (χ0v) is 11.3. The number of carbonyl (C=O) groups is 1. The van der Waals surface area contributed by atoms with Gasteiger partial charge in [-0.3, -0.25) is 4.79 Å². The maximum atomic E-state index is 12.3. The lowest BCUT2D eigenvalue weighted by Crippen LogP contribution is -2.35. The summed E-state index contributed by atoms with van der Waals surface area (Å²) in [5, 5.41) is 0. The van der Waals surface area contributed by atoms with Crippen LogP contribution in [0.25, 0.3) is 0 Å². The van der Waals surface area contributed by atoms with E-state index in [1.807, 2.05) is 0 Å². The Morgan fingerprint density at radius 3 is 2.63 bits per heavy atom. The van der Waals surface area contributed by atoms with Crippen LogP contribution >= 0.6 is 0 Å². The summed E-state index contributed by atoms with van der Waals surface area (Å²) in [7, 11) is 0. The molecular weight excluding hydrogens is 236 g/mol. The molecule has 4 saturated carbocycles. The van der Waals surface area contributed by atoms with Crippen LogP contribution in [0.5, 0.6) is 0 Å². The molecule has 4 bridgehead atoms. The van der Waals surface area contributed by atoms with Crippen molar-refractivity contribution in [3.63, 3.8) is 0 Å². The highest BCUT2D eigenvalue weighted by Crippen LogP contribution is 2.67. The minimum absolute atomic E-state index is 0.143. The van der Waals surface area contributed by atoms with Gasteiger partial charge < -0.3 is 4.74 Å². The van der Waals surface area contributed by atoms with Gasteiger partial charge in [-0.1, -0.05) is 12.2 Å². The first kappa shape index (κ1) is 10.9. The van der Waals surface area contributed by atoms with Crippen LogP contribution in [0.3, 0.4) is 0 Å². The van der Waals surface area contributed by atoms with Gasteiger partial charge in [0.05, 0.1) is 12.5 Å². The van der Waals surface area contributed by atoms with Crippen LogP contribution < -0.4 is 0 Å². The van der Waals surface area contributed by atoms with Gasteiger partial charge in [-0.25, -0.2) is 0 Å². The fourth-order valence-corrected chi connectivity index (χ4v) is 5.88. The number of hydrogen-bond donors (Lipinski definition) is 0. The van der Waals surface area contributed by atoms with Crippen LogP contribution in [0.2, 0.25) is 0 Å². The average Bonchev–Trinajstić information content (AvgIpc) is 2.87. The Labute approximate surface area is 114 Å². The predicted molar refractivity (Wildman–Crippen MR) is 71.1 cm³/mol. The van der Waals surface area contributed by atoms with Crippen molar-refractivity contribution in [3.05, 3.63) is 12.2 Å². The van der Waals surface area contributed by atoms with Crippen molar-refractivity contribution in [1.82, 2.24) is 0 Å². The highest BCUT2D eigenvalue weighted by Gasteiger charge is 2.62. The molecule has 0 radical (unpaired) electrons. The summed E-state index contributed by atoms with van der Waals surface area (Å²) in [4.78, 5) is 12.3. The lowest BCUT2D eigenvalue weighted by atomic mass is 9.69. The summed E-state index contributed by atoms with van der Waals surface area (Å²) in [6.45, 7) is 0.701. The molecule has 0 amide bonds. The predicted octanol–water partition coefficient (Wildman–Crippen LogP) is 3.03. The lowest BCUT2D eigenvalue weighted by molar-refractivity contribution is -0.152. The van der Waals surface area contributed by atoms with E-state index in [0.29, 0.717) is 18.4 Å². The average molecular weight is 258 g/mol. The molecule has 0 aromatic heterocycles. The molecule has 19 heavy (non-hydrogen) atoms. The summed E-state index contributed by atoms with van der Waals surface area (Å²) in [5.41, 5.74) is 0. The highest BCUT2D eigenvalue weighted by molar-refractivity contribution is 5.73. The normalized spacial score (nSPS) is 52.7. The quantitative estimate of drug-likeness (QED) is 0.442. The van der Waals surface area contributed by atoms with E-state index in [0.717, 1.165) is 36.0 Å². The van der Waals surface area contributed by atoms with Crippen LogP contribution in [0.15, 0.2) is 12.2 Å². The monoisotopic (exact) mass is 258 g/mol. The van der Waals surface area contributed by atoms with Gasteiger partial charge in [-0.2, -0.15) is 0 Å². The minimum atomic E-state index is 0.143. The van der Waals surface area contributed by atoms with E-state index in [-0.39, 0.29) is 11.9 Å². The van der Waals surface area contributed by atoms with Crippen molar-refractivity contribution in [2.75, 3.05) is 6.61 Å². The maximum absolute atomic E-state index is 12.3.